The highest BCUT2D eigenvalue weighted by molar-refractivity contribution is 9.10. The zero-order valence-corrected chi connectivity index (χ0v) is 11.0. The number of benzene rings is 1. The van der Waals surface area contributed by atoms with Crippen LogP contribution in [0.4, 0.5) is 0 Å². The van der Waals surface area contributed by atoms with Crippen LogP contribution in [0.3, 0.4) is 0 Å². The number of halogens is 1. The van der Waals surface area contributed by atoms with E-state index in [9.17, 15) is 0 Å². The zero-order valence-electron chi connectivity index (χ0n) is 9.42. The van der Waals surface area contributed by atoms with Gasteiger partial charge >= 0.3 is 0 Å². The van der Waals surface area contributed by atoms with Gasteiger partial charge in [0.2, 0.25) is 0 Å². The predicted octanol–water partition coefficient (Wildman–Crippen LogP) is 3.15. The van der Waals surface area contributed by atoms with Gasteiger partial charge in [-0.25, -0.2) is 0 Å². The molecule has 2 aromatic rings. The summed E-state index contributed by atoms with van der Waals surface area (Å²) in [4.78, 5) is 4.51. The number of fused-ring (bicyclic) bond motifs is 1. The van der Waals surface area contributed by atoms with Gasteiger partial charge in [0, 0.05) is 22.2 Å². The van der Waals surface area contributed by atoms with Gasteiger partial charge in [0.1, 0.15) is 0 Å². The van der Waals surface area contributed by atoms with Gasteiger partial charge in [0.05, 0.1) is 5.52 Å². The van der Waals surface area contributed by atoms with Gasteiger partial charge in [-0.2, -0.15) is 0 Å². The number of aryl methyl sites for hydroxylation is 2. The number of rotatable bonds is 2. The van der Waals surface area contributed by atoms with Crippen LogP contribution in [0, 0.1) is 13.8 Å². The lowest BCUT2D eigenvalue weighted by Crippen LogP contribution is -1.97. The van der Waals surface area contributed by atoms with E-state index in [0.29, 0.717) is 6.42 Å². The number of hydrogen-bond acceptors (Lipinski definition) is 2. The Bertz CT molecular complexity index is 537. The molecule has 0 spiro atoms. The molecule has 1 N–H and O–H groups in total. The Labute approximate surface area is 103 Å². The Balaban J connectivity index is 2.73. The van der Waals surface area contributed by atoms with E-state index in [-0.39, 0.29) is 6.61 Å². The van der Waals surface area contributed by atoms with Crippen LogP contribution in [0.2, 0.25) is 0 Å². The first-order valence-corrected chi connectivity index (χ1v) is 6.09. The molecule has 0 bridgehead atoms. The maximum absolute atomic E-state index is 9.05. The third-order valence-electron chi connectivity index (χ3n) is 2.76. The lowest BCUT2D eigenvalue weighted by atomic mass is 10.0. The third kappa shape index (κ3) is 1.97. The monoisotopic (exact) mass is 279 g/mol. The van der Waals surface area contributed by atoms with Crippen molar-refractivity contribution >= 4 is 26.8 Å². The van der Waals surface area contributed by atoms with Gasteiger partial charge in [-0.3, -0.25) is 4.98 Å². The molecular formula is C13H14BrNO. The molecule has 0 atom stereocenters. The van der Waals surface area contributed by atoms with Crippen LogP contribution in [0.5, 0.6) is 0 Å². The Hall–Kier alpha value is -0.930. The average Bonchev–Trinajstić information content (AvgIpc) is 2.23. The topological polar surface area (TPSA) is 33.1 Å². The minimum atomic E-state index is 0.171. The molecule has 0 radical (unpaired) electrons. The summed E-state index contributed by atoms with van der Waals surface area (Å²) in [6, 6.07) is 6.16. The largest absolute Gasteiger partial charge is 0.396 e. The first-order valence-electron chi connectivity index (χ1n) is 5.29. The summed E-state index contributed by atoms with van der Waals surface area (Å²) in [5.41, 5.74) is 4.37. The molecule has 0 aliphatic carbocycles. The van der Waals surface area contributed by atoms with E-state index in [1.54, 1.807) is 0 Å². The number of aromatic nitrogens is 1. The highest BCUT2D eigenvalue weighted by Crippen LogP contribution is 2.30. The molecule has 1 aromatic carbocycles. The van der Waals surface area contributed by atoms with Crippen molar-refractivity contribution in [3.05, 3.63) is 39.5 Å². The van der Waals surface area contributed by atoms with Gasteiger partial charge in [0.15, 0.2) is 0 Å². The van der Waals surface area contributed by atoms with E-state index in [1.807, 2.05) is 13.0 Å². The van der Waals surface area contributed by atoms with E-state index in [4.69, 9.17) is 5.11 Å². The summed E-state index contributed by atoms with van der Waals surface area (Å²) in [5, 5.41) is 10.2. The minimum Gasteiger partial charge on any atom is -0.396 e. The van der Waals surface area contributed by atoms with Crippen molar-refractivity contribution in [1.82, 2.24) is 4.98 Å². The van der Waals surface area contributed by atoms with Crippen LogP contribution in [0.15, 0.2) is 22.7 Å². The molecule has 16 heavy (non-hydrogen) atoms. The number of hydrogen-bond donors (Lipinski definition) is 1. The van der Waals surface area contributed by atoms with Crippen molar-refractivity contribution in [2.24, 2.45) is 0 Å². The molecule has 1 heterocycles. The Morgan fingerprint density at radius 2 is 2.06 bits per heavy atom. The summed E-state index contributed by atoms with van der Waals surface area (Å²) >= 11 is 3.61. The van der Waals surface area contributed by atoms with Gasteiger partial charge in [-0.15, -0.1) is 0 Å². The lowest BCUT2D eigenvalue weighted by Gasteiger charge is -2.10. The second-order valence-corrected chi connectivity index (χ2v) is 4.77. The van der Waals surface area contributed by atoms with Crippen molar-refractivity contribution in [3.63, 3.8) is 0 Å². The fraction of sp³-hybridized carbons (Fsp3) is 0.308. The molecule has 0 aliphatic rings. The molecule has 3 heteroatoms. The SMILES string of the molecule is Cc1ccc2c(Br)c(CCO)c(C)cc2n1. The first kappa shape index (κ1) is 11.6. The molecule has 0 saturated heterocycles. The lowest BCUT2D eigenvalue weighted by molar-refractivity contribution is 0.299. The highest BCUT2D eigenvalue weighted by Gasteiger charge is 2.09. The fourth-order valence-electron chi connectivity index (χ4n) is 1.92. The molecule has 2 rings (SSSR count). The predicted molar refractivity (Wildman–Crippen MR) is 69.7 cm³/mol. The molecule has 0 saturated carbocycles. The molecule has 1 aromatic heterocycles. The Morgan fingerprint density at radius 1 is 1.31 bits per heavy atom. The molecule has 0 aliphatic heterocycles. The zero-order chi connectivity index (χ0) is 11.7. The summed E-state index contributed by atoms with van der Waals surface area (Å²) in [6.07, 6.45) is 0.677. The van der Waals surface area contributed by atoms with Crippen molar-refractivity contribution in [3.8, 4) is 0 Å². The number of nitrogens with zero attached hydrogens (tertiary/aromatic N) is 1. The van der Waals surface area contributed by atoms with Crippen molar-refractivity contribution < 1.29 is 5.11 Å². The van der Waals surface area contributed by atoms with E-state index in [1.165, 1.54) is 11.1 Å². The minimum absolute atomic E-state index is 0.171. The van der Waals surface area contributed by atoms with E-state index < -0.39 is 0 Å². The third-order valence-corrected chi connectivity index (χ3v) is 3.66. The molecule has 0 unspecified atom stereocenters. The smallest absolute Gasteiger partial charge is 0.0719 e. The maximum Gasteiger partial charge on any atom is 0.0719 e. The van der Waals surface area contributed by atoms with Crippen molar-refractivity contribution in [2.75, 3.05) is 6.61 Å². The van der Waals surface area contributed by atoms with E-state index in [0.717, 1.165) is 21.1 Å². The molecule has 0 amide bonds. The first-order chi connectivity index (χ1) is 7.63. The van der Waals surface area contributed by atoms with Crippen LogP contribution >= 0.6 is 15.9 Å². The second-order valence-electron chi connectivity index (χ2n) is 3.98. The summed E-state index contributed by atoms with van der Waals surface area (Å²) < 4.78 is 1.06. The van der Waals surface area contributed by atoms with E-state index in [2.05, 4.69) is 40.0 Å². The van der Waals surface area contributed by atoms with Crippen LogP contribution in [-0.4, -0.2) is 16.7 Å². The van der Waals surface area contributed by atoms with Crippen LogP contribution in [0.25, 0.3) is 10.9 Å². The van der Waals surface area contributed by atoms with Gasteiger partial charge in [-0.1, -0.05) is 0 Å². The summed E-state index contributed by atoms with van der Waals surface area (Å²) in [5.74, 6) is 0. The van der Waals surface area contributed by atoms with Crippen LogP contribution in [-0.2, 0) is 6.42 Å². The van der Waals surface area contributed by atoms with Crippen molar-refractivity contribution in [1.29, 1.82) is 0 Å². The standard InChI is InChI=1S/C13H14BrNO/c1-8-7-12-11(4-3-9(2)15-12)13(14)10(8)5-6-16/h3-4,7,16H,5-6H2,1-2H3. The fourth-order valence-corrected chi connectivity index (χ4v) is 2.77. The Morgan fingerprint density at radius 3 is 2.75 bits per heavy atom. The van der Waals surface area contributed by atoms with E-state index >= 15 is 0 Å². The van der Waals surface area contributed by atoms with Gasteiger partial charge in [-0.05, 0) is 65.5 Å². The Kier molecular flexibility index (Phi) is 3.26. The van der Waals surface area contributed by atoms with Gasteiger partial charge in [0.25, 0.3) is 0 Å². The molecular weight excluding hydrogens is 266 g/mol. The normalized spacial score (nSPS) is 11.0. The molecule has 2 nitrogen and oxygen atoms in total. The average molecular weight is 280 g/mol. The number of aliphatic hydroxyl groups is 1. The van der Waals surface area contributed by atoms with Crippen molar-refractivity contribution in [2.45, 2.75) is 20.3 Å². The second kappa shape index (κ2) is 4.52. The summed E-state index contributed by atoms with van der Waals surface area (Å²) in [6.45, 7) is 4.22. The maximum atomic E-state index is 9.05. The van der Waals surface area contributed by atoms with Crippen LogP contribution < -0.4 is 0 Å². The quantitative estimate of drug-likeness (QED) is 0.916. The number of pyridine rings is 1. The summed E-state index contributed by atoms with van der Waals surface area (Å²) in [7, 11) is 0. The molecule has 84 valence electrons. The molecule has 0 fully saturated rings. The van der Waals surface area contributed by atoms with Gasteiger partial charge < -0.3 is 5.11 Å². The number of aliphatic hydroxyl groups excluding tert-OH is 1. The van der Waals surface area contributed by atoms with Crippen LogP contribution in [0.1, 0.15) is 16.8 Å². The highest BCUT2D eigenvalue weighted by atomic mass is 79.9.